The number of benzene rings is 1. The Morgan fingerprint density at radius 1 is 1.25 bits per heavy atom. The maximum atomic E-state index is 5.55. The zero-order valence-corrected chi connectivity index (χ0v) is 8.40. The van der Waals surface area contributed by atoms with Gasteiger partial charge in [-0.15, -0.1) is 0 Å². The molecule has 2 rings (SSSR count). The van der Waals surface area contributed by atoms with E-state index in [4.69, 9.17) is 9.05 Å². The predicted octanol–water partition coefficient (Wildman–Crippen LogP) is 3.44. The Bertz CT molecular complexity index is 255. The standard InChI is InChI=1S/C8H9O2PS/c1-2-12-11-9-7-5-3-4-6-8(7)10-11/h3-6H,2H2,1H3. The van der Waals surface area contributed by atoms with E-state index in [1.807, 2.05) is 24.3 Å². The fourth-order valence-corrected chi connectivity index (χ4v) is 3.35. The van der Waals surface area contributed by atoms with Crippen LogP contribution in [0.1, 0.15) is 6.92 Å². The summed E-state index contributed by atoms with van der Waals surface area (Å²) < 4.78 is 11.1. The molecule has 0 unspecified atom stereocenters. The first-order valence-electron chi connectivity index (χ1n) is 3.78. The topological polar surface area (TPSA) is 18.5 Å². The molecular weight excluding hydrogens is 191 g/mol. The minimum atomic E-state index is -0.755. The molecule has 0 radical (unpaired) electrons. The number of hydrogen-bond donors (Lipinski definition) is 0. The molecule has 64 valence electrons. The Hall–Kier alpha value is -0.400. The van der Waals surface area contributed by atoms with Gasteiger partial charge in [-0.05, 0) is 12.1 Å². The average molecular weight is 200 g/mol. The molecule has 4 heteroatoms. The van der Waals surface area contributed by atoms with E-state index in [9.17, 15) is 0 Å². The molecule has 1 aliphatic rings. The third kappa shape index (κ3) is 1.52. The predicted molar refractivity (Wildman–Crippen MR) is 52.8 cm³/mol. The maximum absolute atomic E-state index is 5.55. The van der Waals surface area contributed by atoms with Gasteiger partial charge in [0, 0.05) is 5.75 Å². The highest BCUT2D eigenvalue weighted by atomic mass is 32.7. The van der Waals surface area contributed by atoms with Crippen LogP contribution in [0.4, 0.5) is 0 Å². The van der Waals surface area contributed by atoms with Crippen molar-refractivity contribution in [2.45, 2.75) is 6.92 Å². The van der Waals surface area contributed by atoms with E-state index in [0.717, 1.165) is 17.3 Å². The Morgan fingerprint density at radius 2 is 1.83 bits per heavy atom. The van der Waals surface area contributed by atoms with Crippen LogP contribution in [0.5, 0.6) is 11.5 Å². The van der Waals surface area contributed by atoms with Crippen molar-refractivity contribution >= 4 is 19.0 Å². The fourth-order valence-electron chi connectivity index (χ4n) is 0.938. The average Bonchev–Trinajstić information content (AvgIpc) is 2.47. The van der Waals surface area contributed by atoms with Gasteiger partial charge in [0.2, 0.25) is 0 Å². The maximum Gasteiger partial charge on any atom is 0.360 e. The molecule has 1 aliphatic heterocycles. The molecule has 0 amide bonds. The van der Waals surface area contributed by atoms with Crippen molar-refractivity contribution in [2.75, 3.05) is 5.75 Å². The van der Waals surface area contributed by atoms with Crippen molar-refractivity contribution in [3.8, 4) is 11.5 Å². The minimum Gasteiger partial charge on any atom is -0.427 e. The highest BCUT2D eigenvalue weighted by Gasteiger charge is 2.25. The van der Waals surface area contributed by atoms with Gasteiger partial charge in [0.1, 0.15) is 0 Å². The van der Waals surface area contributed by atoms with Gasteiger partial charge in [-0.25, -0.2) is 0 Å². The molecular formula is C8H9O2PS. The van der Waals surface area contributed by atoms with Crippen LogP contribution in [-0.2, 0) is 0 Å². The molecule has 1 aromatic carbocycles. The summed E-state index contributed by atoms with van der Waals surface area (Å²) in [7, 11) is -0.755. The second-order valence-electron chi connectivity index (χ2n) is 2.27. The zero-order chi connectivity index (χ0) is 8.39. The molecule has 0 aromatic heterocycles. The van der Waals surface area contributed by atoms with Crippen LogP contribution >= 0.6 is 19.0 Å². The van der Waals surface area contributed by atoms with Crippen LogP contribution in [0.15, 0.2) is 24.3 Å². The van der Waals surface area contributed by atoms with Crippen LogP contribution in [0.2, 0.25) is 0 Å². The van der Waals surface area contributed by atoms with Gasteiger partial charge >= 0.3 is 7.58 Å². The lowest BCUT2D eigenvalue weighted by molar-refractivity contribution is 0.596. The summed E-state index contributed by atoms with van der Waals surface area (Å²) >= 11 is 1.72. The molecule has 0 N–H and O–H groups in total. The molecule has 0 spiro atoms. The quantitative estimate of drug-likeness (QED) is 0.681. The van der Waals surface area contributed by atoms with Crippen LogP contribution in [0, 0.1) is 0 Å². The van der Waals surface area contributed by atoms with E-state index in [1.54, 1.807) is 11.4 Å². The van der Waals surface area contributed by atoms with Crippen LogP contribution in [0.3, 0.4) is 0 Å². The van der Waals surface area contributed by atoms with E-state index in [1.165, 1.54) is 0 Å². The summed E-state index contributed by atoms with van der Waals surface area (Å²) in [6.45, 7) is 2.10. The first-order valence-corrected chi connectivity index (χ1v) is 6.55. The van der Waals surface area contributed by atoms with Crippen molar-refractivity contribution in [1.29, 1.82) is 0 Å². The van der Waals surface area contributed by atoms with Crippen LogP contribution in [0.25, 0.3) is 0 Å². The molecule has 2 nitrogen and oxygen atoms in total. The lowest BCUT2D eigenvalue weighted by Crippen LogP contribution is -1.79. The molecule has 12 heavy (non-hydrogen) atoms. The molecule has 0 fully saturated rings. The number of para-hydroxylation sites is 2. The number of fused-ring (bicyclic) bond motifs is 1. The lowest BCUT2D eigenvalue weighted by Gasteiger charge is -2.03. The van der Waals surface area contributed by atoms with E-state index in [0.29, 0.717) is 0 Å². The van der Waals surface area contributed by atoms with Gasteiger partial charge in [0.05, 0.1) is 0 Å². The summed E-state index contributed by atoms with van der Waals surface area (Å²) in [6.07, 6.45) is 0. The van der Waals surface area contributed by atoms with E-state index in [-0.39, 0.29) is 0 Å². The first-order chi connectivity index (χ1) is 5.90. The second kappa shape index (κ2) is 3.55. The van der Waals surface area contributed by atoms with Gasteiger partial charge in [0.25, 0.3) is 0 Å². The van der Waals surface area contributed by atoms with Crippen molar-refractivity contribution in [1.82, 2.24) is 0 Å². The van der Waals surface area contributed by atoms with Gasteiger partial charge < -0.3 is 9.05 Å². The van der Waals surface area contributed by atoms with E-state index < -0.39 is 7.58 Å². The summed E-state index contributed by atoms with van der Waals surface area (Å²) in [5, 5.41) is 0. The zero-order valence-electron chi connectivity index (χ0n) is 6.69. The van der Waals surface area contributed by atoms with E-state index in [2.05, 4.69) is 6.92 Å². The van der Waals surface area contributed by atoms with Crippen molar-refractivity contribution in [3.63, 3.8) is 0 Å². The van der Waals surface area contributed by atoms with Gasteiger partial charge in [-0.2, -0.15) is 0 Å². The Kier molecular flexibility index (Phi) is 2.43. The third-order valence-electron chi connectivity index (χ3n) is 1.43. The summed E-state index contributed by atoms with van der Waals surface area (Å²) in [6, 6.07) is 7.79. The number of rotatable bonds is 2. The summed E-state index contributed by atoms with van der Waals surface area (Å²) in [4.78, 5) is 0. The summed E-state index contributed by atoms with van der Waals surface area (Å²) in [5.74, 6) is 2.79. The Morgan fingerprint density at radius 3 is 2.33 bits per heavy atom. The minimum absolute atomic E-state index is 0.755. The Labute approximate surface area is 76.9 Å². The largest absolute Gasteiger partial charge is 0.427 e. The SMILES string of the molecule is CCSP1Oc2ccccc2O1. The second-order valence-corrected chi connectivity index (χ2v) is 5.59. The normalized spacial score (nSPS) is 15.1. The first kappa shape index (κ1) is 8.21. The molecule has 0 atom stereocenters. The monoisotopic (exact) mass is 200 g/mol. The molecule has 0 saturated heterocycles. The highest BCUT2D eigenvalue weighted by Crippen LogP contribution is 2.59. The smallest absolute Gasteiger partial charge is 0.360 e. The van der Waals surface area contributed by atoms with Gasteiger partial charge in [-0.1, -0.05) is 30.4 Å². The van der Waals surface area contributed by atoms with Gasteiger partial charge in [-0.3, -0.25) is 0 Å². The van der Waals surface area contributed by atoms with Crippen molar-refractivity contribution in [2.24, 2.45) is 0 Å². The van der Waals surface area contributed by atoms with Gasteiger partial charge in [0.15, 0.2) is 11.5 Å². The Balaban J connectivity index is 2.11. The molecule has 1 aromatic rings. The highest BCUT2D eigenvalue weighted by molar-refractivity contribution is 8.53. The third-order valence-corrected chi connectivity index (χ3v) is 4.44. The molecule has 0 aliphatic carbocycles. The fraction of sp³-hybridized carbons (Fsp3) is 0.250. The molecule has 0 saturated carbocycles. The lowest BCUT2D eigenvalue weighted by atomic mass is 10.3. The van der Waals surface area contributed by atoms with Crippen LogP contribution in [-0.4, -0.2) is 5.75 Å². The van der Waals surface area contributed by atoms with Crippen LogP contribution < -0.4 is 9.05 Å². The van der Waals surface area contributed by atoms with Crippen molar-refractivity contribution < 1.29 is 9.05 Å². The molecule has 1 heterocycles. The van der Waals surface area contributed by atoms with E-state index >= 15 is 0 Å². The summed E-state index contributed by atoms with van der Waals surface area (Å²) in [5.41, 5.74) is 0. The molecule has 0 bridgehead atoms. The van der Waals surface area contributed by atoms with Crippen molar-refractivity contribution in [3.05, 3.63) is 24.3 Å². The number of hydrogen-bond acceptors (Lipinski definition) is 3.